The van der Waals surface area contributed by atoms with Gasteiger partial charge in [-0.05, 0) is 24.0 Å². The second-order valence-electron chi connectivity index (χ2n) is 5.96. The largest absolute Gasteiger partial charge is 0.416 e. The second kappa shape index (κ2) is 5.87. The van der Waals surface area contributed by atoms with Crippen molar-refractivity contribution >= 4 is 11.6 Å². The first-order valence-corrected chi connectivity index (χ1v) is 6.24. The zero-order valence-corrected chi connectivity index (χ0v) is 11.8. The number of aliphatic hydroxyl groups excluding tert-OH is 1. The van der Waals surface area contributed by atoms with E-state index in [9.17, 15) is 18.3 Å². The molecule has 1 aromatic rings. The molecular formula is C13H20F3N3O. The van der Waals surface area contributed by atoms with Crippen molar-refractivity contribution < 1.29 is 18.3 Å². The van der Waals surface area contributed by atoms with Crippen LogP contribution in [0.15, 0.2) is 12.1 Å². The van der Waals surface area contributed by atoms with Gasteiger partial charge in [0, 0.05) is 6.54 Å². The van der Waals surface area contributed by atoms with Gasteiger partial charge in [0.05, 0.1) is 11.7 Å². The minimum atomic E-state index is -4.47. The summed E-state index contributed by atoms with van der Waals surface area (Å²) in [4.78, 5) is 3.77. The molecule has 4 N–H and O–H groups in total. The molecule has 1 atom stereocenters. The number of alkyl halides is 3. The average Bonchev–Trinajstić information content (AvgIpc) is 2.22. The molecular weight excluding hydrogens is 271 g/mol. The Bertz CT molecular complexity index is 455. The summed E-state index contributed by atoms with van der Waals surface area (Å²) < 4.78 is 37.8. The van der Waals surface area contributed by atoms with E-state index in [0.29, 0.717) is 6.42 Å². The molecule has 1 rings (SSSR count). The monoisotopic (exact) mass is 291 g/mol. The van der Waals surface area contributed by atoms with Gasteiger partial charge in [0.15, 0.2) is 0 Å². The molecule has 0 aliphatic carbocycles. The third-order valence-electron chi connectivity index (χ3n) is 2.54. The number of nitrogens with zero attached hydrogens (tertiary/aromatic N) is 1. The molecule has 20 heavy (non-hydrogen) atoms. The molecule has 114 valence electrons. The van der Waals surface area contributed by atoms with Crippen LogP contribution in [0.2, 0.25) is 0 Å². The van der Waals surface area contributed by atoms with Gasteiger partial charge in [0.25, 0.3) is 0 Å². The lowest BCUT2D eigenvalue weighted by Crippen LogP contribution is -2.25. The molecule has 1 unspecified atom stereocenters. The van der Waals surface area contributed by atoms with Gasteiger partial charge in [-0.1, -0.05) is 20.8 Å². The van der Waals surface area contributed by atoms with Gasteiger partial charge < -0.3 is 16.2 Å². The molecule has 1 aromatic heterocycles. The Morgan fingerprint density at radius 3 is 2.40 bits per heavy atom. The number of nitrogen functional groups attached to an aromatic ring is 1. The number of aliphatic hydroxyl groups is 1. The Morgan fingerprint density at radius 2 is 1.90 bits per heavy atom. The van der Waals surface area contributed by atoms with E-state index in [4.69, 9.17) is 5.73 Å². The SMILES string of the molecule is CC(C)(C)CC(O)CNc1cc(C(F)(F)F)cc(N)n1. The van der Waals surface area contributed by atoms with E-state index in [0.717, 1.165) is 12.1 Å². The van der Waals surface area contributed by atoms with Crippen molar-refractivity contribution in [2.75, 3.05) is 17.6 Å². The fourth-order valence-electron chi connectivity index (χ4n) is 1.81. The van der Waals surface area contributed by atoms with Crippen LogP contribution >= 0.6 is 0 Å². The lowest BCUT2D eigenvalue weighted by Gasteiger charge is -2.22. The van der Waals surface area contributed by atoms with Crippen LogP contribution in [0.4, 0.5) is 24.8 Å². The van der Waals surface area contributed by atoms with Crippen LogP contribution in [0.1, 0.15) is 32.8 Å². The van der Waals surface area contributed by atoms with Crippen LogP contribution in [-0.4, -0.2) is 22.7 Å². The fraction of sp³-hybridized carbons (Fsp3) is 0.615. The number of nitrogens with one attached hydrogen (secondary N) is 1. The molecule has 0 amide bonds. The molecule has 4 nitrogen and oxygen atoms in total. The first kappa shape index (κ1) is 16.6. The summed E-state index contributed by atoms with van der Waals surface area (Å²) in [5.41, 5.74) is 4.42. The van der Waals surface area contributed by atoms with Crippen molar-refractivity contribution in [2.45, 2.75) is 39.5 Å². The minimum Gasteiger partial charge on any atom is -0.391 e. The smallest absolute Gasteiger partial charge is 0.391 e. The minimum absolute atomic E-state index is 0.00489. The fourth-order valence-corrected chi connectivity index (χ4v) is 1.81. The van der Waals surface area contributed by atoms with Crippen molar-refractivity contribution in [1.29, 1.82) is 0 Å². The molecule has 7 heteroatoms. The highest BCUT2D eigenvalue weighted by Crippen LogP contribution is 2.31. The number of nitrogens with two attached hydrogens (primary N) is 1. The van der Waals surface area contributed by atoms with Crippen LogP contribution in [0.5, 0.6) is 0 Å². The van der Waals surface area contributed by atoms with Gasteiger partial charge >= 0.3 is 6.18 Å². The maximum atomic E-state index is 12.6. The Labute approximate surface area is 116 Å². The zero-order chi connectivity index (χ0) is 15.6. The summed E-state index contributed by atoms with van der Waals surface area (Å²) in [5.74, 6) is -0.210. The predicted octanol–water partition coefficient (Wildman–Crippen LogP) is 2.89. The first-order chi connectivity index (χ1) is 8.97. The highest BCUT2D eigenvalue weighted by atomic mass is 19.4. The van der Waals surface area contributed by atoms with Crippen LogP contribution in [0, 0.1) is 5.41 Å². The van der Waals surface area contributed by atoms with Crippen molar-refractivity contribution in [3.63, 3.8) is 0 Å². The molecule has 0 radical (unpaired) electrons. The molecule has 0 fully saturated rings. The normalized spacial score (nSPS) is 14.2. The predicted molar refractivity (Wildman–Crippen MR) is 72.2 cm³/mol. The van der Waals surface area contributed by atoms with Gasteiger partial charge in [-0.3, -0.25) is 0 Å². The van der Waals surface area contributed by atoms with E-state index in [-0.39, 0.29) is 23.6 Å². The lowest BCUT2D eigenvalue weighted by molar-refractivity contribution is -0.137. The first-order valence-electron chi connectivity index (χ1n) is 6.24. The number of hydrogen-bond acceptors (Lipinski definition) is 4. The Hall–Kier alpha value is -1.50. The van der Waals surface area contributed by atoms with Crippen LogP contribution in [0.25, 0.3) is 0 Å². The average molecular weight is 291 g/mol. The molecule has 0 aromatic carbocycles. The number of rotatable bonds is 4. The van der Waals surface area contributed by atoms with Gasteiger partial charge in [-0.2, -0.15) is 13.2 Å². The zero-order valence-electron chi connectivity index (χ0n) is 11.8. The van der Waals surface area contributed by atoms with E-state index in [1.54, 1.807) is 0 Å². The van der Waals surface area contributed by atoms with Gasteiger partial charge in [-0.25, -0.2) is 4.98 Å². The summed E-state index contributed by atoms with van der Waals surface area (Å²) in [5, 5.41) is 12.5. The van der Waals surface area contributed by atoms with Crippen molar-refractivity contribution in [3.05, 3.63) is 17.7 Å². The third-order valence-corrected chi connectivity index (χ3v) is 2.54. The molecule has 0 aliphatic heterocycles. The number of aromatic nitrogens is 1. The van der Waals surface area contributed by atoms with E-state index in [2.05, 4.69) is 10.3 Å². The number of hydrogen-bond donors (Lipinski definition) is 3. The van der Waals surface area contributed by atoms with E-state index < -0.39 is 17.8 Å². The van der Waals surface area contributed by atoms with Crippen molar-refractivity contribution in [2.24, 2.45) is 5.41 Å². The summed E-state index contributed by atoms with van der Waals surface area (Å²) in [6.45, 7) is 6.02. The van der Waals surface area contributed by atoms with Gasteiger partial charge in [-0.15, -0.1) is 0 Å². The van der Waals surface area contributed by atoms with Crippen molar-refractivity contribution in [1.82, 2.24) is 4.98 Å². The highest BCUT2D eigenvalue weighted by molar-refractivity contribution is 5.47. The van der Waals surface area contributed by atoms with E-state index >= 15 is 0 Å². The summed E-state index contributed by atoms with van der Waals surface area (Å²) in [6, 6.07) is 1.65. The van der Waals surface area contributed by atoms with E-state index in [1.807, 2.05) is 20.8 Å². The number of halogens is 3. The standard InChI is InChI=1S/C13H20F3N3O/c1-12(2,3)6-9(20)7-18-11-5-8(13(14,15)16)4-10(17)19-11/h4-5,9,20H,6-7H2,1-3H3,(H3,17,18,19). The topological polar surface area (TPSA) is 71.2 Å². The molecule has 1 heterocycles. The Balaban J connectivity index is 2.71. The molecule has 0 spiro atoms. The third kappa shape index (κ3) is 5.64. The van der Waals surface area contributed by atoms with Crippen molar-refractivity contribution in [3.8, 4) is 0 Å². The maximum Gasteiger partial charge on any atom is 0.416 e. The van der Waals surface area contributed by atoms with Crippen LogP contribution < -0.4 is 11.1 Å². The number of pyridine rings is 1. The summed E-state index contributed by atoms with van der Waals surface area (Å²) in [7, 11) is 0. The quantitative estimate of drug-likeness (QED) is 0.797. The van der Waals surface area contributed by atoms with Crippen LogP contribution in [0.3, 0.4) is 0 Å². The summed E-state index contributed by atoms with van der Waals surface area (Å²) >= 11 is 0. The summed E-state index contributed by atoms with van der Waals surface area (Å²) in [6.07, 6.45) is -4.63. The highest BCUT2D eigenvalue weighted by Gasteiger charge is 2.31. The number of anilines is 2. The van der Waals surface area contributed by atoms with Gasteiger partial charge in [0.2, 0.25) is 0 Å². The second-order valence-corrected chi connectivity index (χ2v) is 5.96. The van der Waals surface area contributed by atoms with Gasteiger partial charge in [0.1, 0.15) is 11.6 Å². The lowest BCUT2D eigenvalue weighted by atomic mass is 9.89. The molecule has 0 saturated carbocycles. The Morgan fingerprint density at radius 1 is 1.30 bits per heavy atom. The maximum absolute atomic E-state index is 12.6. The molecule has 0 bridgehead atoms. The van der Waals surface area contributed by atoms with E-state index in [1.165, 1.54) is 0 Å². The van der Waals surface area contributed by atoms with Crippen LogP contribution in [-0.2, 0) is 6.18 Å². The Kier molecular flexibility index (Phi) is 4.86. The molecule has 0 aliphatic rings. The molecule has 0 saturated heterocycles.